The first-order valence-electron chi connectivity index (χ1n) is 9.66. The minimum absolute atomic E-state index is 0.0246. The topological polar surface area (TPSA) is 72.0 Å². The Balaban J connectivity index is 1.71. The summed E-state index contributed by atoms with van der Waals surface area (Å²) in [5, 5.41) is 12.0. The molecule has 1 aliphatic heterocycles. The third-order valence-electron chi connectivity index (χ3n) is 4.47. The standard InChI is InChI=1S/C24H17Cl2NO4S/c1-2-30-24(29)20-22(28)19(32-23(20)27-14-7-4-3-5-8-14)13-15-11-12-18(31-15)16-9-6-10-17(25)21(16)26/h3-13,28H,2H2,1H3/b19-13-,27-23?. The summed E-state index contributed by atoms with van der Waals surface area (Å²) in [6.45, 7) is 1.88. The number of aliphatic hydroxyl groups is 1. The van der Waals surface area contributed by atoms with E-state index < -0.39 is 5.97 Å². The number of rotatable bonds is 5. The Kier molecular flexibility index (Phi) is 6.74. The van der Waals surface area contributed by atoms with E-state index in [1.54, 1.807) is 43.3 Å². The van der Waals surface area contributed by atoms with Gasteiger partial charge in [-0.3, -0.25) is 0 Å². The number of aliphatic imine (C=N–C) groups is 1. The highest BCUT2D eigenvalue weighted by molar-refractivity contribution is 8.18. The third kappa shape index (κ3) is 4.63. The van der Waals surface area contributed by atoms with Crippen LogP contribution in [0.5, 0.6) is 0 Å². The van der Waals surface area contributed by atoms with Crippen molar-refractivity contribution >= 4 is 57.7 Å². The van der Waals surface area contributed by atoms with Crippen LogP contribution < -0.4 is 0 Å². The number of carbonyl (C=O) groups excluding carboxylic acids is 1. The summed E-state index contributed by atoms with van der Waals surface area (Å²) in [4.78, 5) is 17.4. The van der Waals surface area contributed by atoms with Gasteiger partial charge in [-0.15, -0.1) is 0 Å². The quantitative estimate of drug-likeness (QED) is 0.380. The first-order valence-corrected chi connectivity index (χ1v) is 11.2. The zero-order valence-corrected chi connectivity index (χ0v) is 19.2. The zero-order valence-electron chi connectivity index (χ0n) is 16.8. The Morgan fingerprint density at radius 3 is 2.66 bits per heavy atom. The van der Waals surface area contributed by atoms with E-state index in [1.165, 1.54) is 0 Å². The van der Waals surface area contributed by atoms with E-state index in [1.807, 2.05) is 30.3 Å². The van der Waals surface area contributed by atoms with Crippen molar-refractivity contribution in [1.82, 2.24) is 0 Å². The van der Waals surface area contributed by atoms with Crippen LogP contribution in [0.2, 0.25) is 10.0 Å². The first-order chi connectivity index (χ1) is 15.5. The molecule has 1 aliphatic rings. The van der Waals surface area contributed by atoms with Crippen LogP contribution in [-0.2, 0) is 9.53 Å². The lowest BCUT2D eigenvalue weighted by Gasteiger charge is -2.03. The molecule has 3 aromatic rings. The predicted octanol–water partition coefficient (Wildman–Crippen LogP) is 7.45. The summed E-state index contributed by atoms with van der Waals surface area (Å²) in [5.74, 6) is 0.150. The van der Waals surface area contributed by atoms with Crippen LogP contribution in [0.15, 0.2) is 86.3 Å². The number of hydrogen-bond donors (Lipinski definition) is 1. The molecule has 5 nitrogen and oxygen atoms in total. The fourth-order valence-corrected chi connectivity index (χ4v) is 4.42. The molecule has 0 unspecified atom stereocenters. The van der Waals surface area contributed by atoms with Gasteiger partial charge < -0.3 is 14.3 Å². The van der Waals surface area contributed by atoms with Crippen molar-refractivity contribution in [2.75, 3.05) is 6.61 Å². The number of furan rings is 1. The molecule has 32 heavy (non-hydrogen) atoms. The summed E-state index contributed by atoms with van der Waals surface area (Å²) in [6, 6.07) is 17.9. The van der Waals surface area contributed by atoms with Crippen molar-refractivity contribution in [2.24, 2.45) is 4.99 Å². The van der Waals surface area contributed by atoms with E-state index in [0.717, 1.165) is 11.8 Å². The number of benzene rings is 2. The van der Waals surface area contributed by atoms with Gasteiger partial charge in [-0.25, -0.2) is 9.79 Å². The zero-order chi connectivity index (χ0) is 22.7. The largest absolute Gasteiger partial charge is 0.506 e. The van der Waals surface area contributed by atoms with E-state index in [-0.39, 0.29) is 17.9 Å². The minimum atomic E-state index is -0.638. The second kappa shape index (κ2) is 9.69. The molecule has 1 aromatic heterocycles. The van der Waals surface area contributed by atoms with Crippen molar-refractivity contribution in [3.63, 3.8) is 0 Å². The number of carbonyl (C=O) groups is 1. The van der Waals surface area contributed by atoms with Crippen LogP contribution in [0.25, 0.3) is 17.4 Å². The summed E-state index contributed by atoms with van der Waals surface area (Å²) < 4.78 is 11.0. The maximum absolute atomic E-state index is 12.5. The van der Waals surface area contributed by atoms with Crippen molar-refractivity contribution in [3.8, 4) is 11.3 Å². The van der Waals surface area contributed by atoms with Gasteiger partial charge in [0, 0.05) is 5.56 Å². The Morgan fingerprint density at radius 1 is 1.12 bits per heavy atom. The van der Waals surface area contributed by atoms with Crippen LogP contribution in [0.3, 0.4) is 0 Å². The molecule has 0 saturated heterocycles. The number of ether oxygens (including phenoxy) is 1. The van der Waals surface area contributed by atoms with Crippen LogP contribution in [0.4, 0.5) is 5.69 Å². The molecule has 2 heterocycles. The molecule has 0 saturated carbocycles. The third-order valence-corrected chi connectivity index (χ3v) is 6.31. The molecule has 8 heteroatoms. The highest BCUT2D eigenvalue weighted by Crippen LogP contribution is 2.41. The van der Waals surface area contributed by atoms with Crippen LogP contribution in [0.1, 0.15) is 12.7 Å². The van der Waals surface area contributed by atoms with Gasteiger partial charge in [0.05, 0.1) is 27.2 Å². The van der Waals surface area contributed by atoms with Gasteiger partial charge in [0.1, 0.15) is 27.9 Å². The number of thioether (sulfide) groups is 1. The fourth-order valence-electron chi connectivity index (χ4n) is 3.01. The molecule has 0 fully saturated rings. The van der Waals surface area contributed by atoms with Crippen LogP contribution in [0, 0.1) is 0 Å². The molecular formula is C24H17Cl2NO4S. The summed E-state index contributed by atoms with van der Waals surface area (Å²) in [6.07, 6.45) is 1.63. The Bertz CT molecular complexity index is 1260. The maximum Gasteiger partial charge on any atom is 0.344 e. The van der Waals surface area contributed by atoms with E-state index >= 15 is 0 Å². The average molecular weight is 486 g/mol. The lowest BCUT2D eigenvalue weighted by molar-refractivity contribution is -0.138. The second-order valence-electron chi connectivity index (χ2n) is 6.61. The molecule has 0 atom stereocenters. The summed E-state index contributed by atoms with van der Waals surface area (Å²) >= 11 is 13.5. The van der Waals surface area contributed by atoms with Crippen LogP contribution >= 0.6 is 35.0 Å². The molecule has 0 spiro atoms. The van der Waals surface area contributed by atoms with E-state index in [4.69, 9.17) is 32.4 Å². The van der Waals surface area contributed by atoms with Gasteiger partial charge >= 0.3 is 5.97 Å². The van der Waals surface area contributed by atoms with Crippen molar-refractivity contribution in [2.45, 2.75) is 6.92 Å². The van der Waals surface area contributed by atoms with Crippen molar-refractivity contribution in [1.29, 1.82) is 0 Å². The molecule has 1 N–H and O–H groups in total. The van der Waals surface area contributed by atoms with Gasteiger partial charge in [0.2, 0.25) is 0 Å². The second-order valence-corrected chi connectivity index (χ2v) is 8.43. The van der Waals surface area contributed by atoms with Gasteiger partial charge in [-0.2, -0.15) is 0 Å². The van der Waals surface area contributed by atoms with E-state index in [0.29, 0.717) is 42.8 Å². The normalized spacial score (nSPS) is 16.2. The Labute approximate surface area is 199 Å². The highest BCUT2D eigenvalue weighted by atomic mass is 35.5. The maximum atomic E-state index is 12.5. The molecule has 162 valence electrons. The van der Waals surface area contributed by atoms with Crippen LogP contribution in [-0.4, -0.2) is 22.7 Å². The number of para-hydroxylation sites is 1. The van der Waals surface area contributed by atoms with Gasteiger partial charge in [-0.1, -0.05) is 59.2 Å². The van der Waals surface area contributed by atoms with Gasteiger partial charge in [0.15, 0.2) is 0 Å². The molecule has 2 aromatic carbocycles. The van der Waals surface area contributed by atoms with Gasteiger partial charge in [-0.05, 0) is 49.4 Å². The molecular weight excluding hydrogens is 469 g/mol. The highest BCUT2D eigenvalue weighted by Gasteiger charge is 2.33. The summed E-state index contributed by atoms with van der Waals surface area (Å²) in [5.41, 5.74) is 1.33. The van der Waals surface area contributed by atoms with Crippen molar-refractivity contribution < 1.29 is 19.1 Å². The van der Waals surface area contributed by atoms with Crippen molar-refractivity contribution in [3.05, 3.63) is 92.7 Å². The lowest BCUT2D eigenvalue weighted by Crippen LogP contribution is -2.12. The molecule has 0 bridgehead atoms. The number of nitrogens with zero attached hydrogens (tertiary/aromatic N) is 1. The van der Waals surface area contributed by atoms with E-state index in [9.17, 15) is 9.90 Å². The number of halogens is 2. The first kappa shape index (κ1) is 22.3. The smallest absolute Gasteiger partial charge is 0.344 e. The monoisotopic (exact) mass is 485 g/mol. The summed E-state index contributed by atoms with van der Waals surface area (Å²) in [7, 11) is 0. The molecule has 0 radical (unpaired) electrons. The lowest BCUT2D eigenvalue weighted by atomic mass is 10.2. The van der Waals surface area contributed by atoms with E-state index in [2.05, 4.69) is 4.99 Å². The molecule has 4 rings (SSSR count). The fraction of sp³-hybridized carbons (Fsp3) is 0.0833. The Hall–Kier alpha value is -2.93. The molecule has 0 aliphatic carbocycles. The van der Waals surface area contributed by atoms with Gasteiger partial charge in [0.25, 0.3) is 0 Å². The number of hydrogen-bond acceptors (Lipinski definition) is 6. The number of aliphatic hydroxyl groups excluding tert-OH is 1. The number of esters is 1. The average Bonchev–Trinajstić information content (AvgIpc) is 3.36. The molecule has 0 amide bonds. The minimum Gasteiger partial charge on any atom is -0.506 e. The SMILES string of the molecule is CCOC(=O)C1=C(O)/C(=C/c2ccc(-c3cccc(Cl)c3Cl)o2)SC1=Nc1ccccc1. The Morgan fingerprint density at radius 2 is 1.91 bits per heavy atom. The predicted molar refractivity (Wildman–Crippen MR) is 130 cm³/mol.